The summed E-state index contributed by atoms with van der Waals surface area (Å²) < 4.78 is 0. The lowest BCUT2D eigenvalue weighted by Crippen LogP contribution is -2.55. The summed E-state index contributed by atoms with van der Waals surface area (Å²) in [7, 11) is 0. The second kappa shape index (κ2) is 11.2. The van der Waals surface area contributed by atoms with Gasteiger partial charge in [0.25, 0.3) is 0 Å². The number of rotatable bonds is 6. The molecule has 2 amide bonds. The fourth-order valence-electron chi connectivity index (χ4n) is 2.67. The van der Waals surface area contributed by atoms with Crippen molar-refractivity contribution in [3.8, 4) is 0 Å². The van der Waals surface area contributed by atoms with E-state index in [-0.39, 0.29) is 43.0 Å². The Morgan fingerprint density at radius 2 is 1.88 bits per heavy atom. The Hall–Kier alpha value is -1.37. The third-order valence-corrected chi connectivity index (χ3v) is 4.05. The zero-order chi connectivity index (χ0) is 15.8. The van der Waals surface area contributed by atoms with Crippen LogP contribution in [0.25, 0.3) is 0 Å². The van der Waals surface area contributed by atoms with Crippen molar-refractivity contribution in [2.24, 2.45) is 5.73 Å². The van der Waals surface area contributed by atoms with Crippen LogP contribution in [-0.4, -0.2) is 28.9 Å². The first kappa shape index (κ1) is 22.6. The van der Waals surface area contributed by atoms with Gasteiger partial charge in [-0.05, 0) is 24.5 Å². The number of hydrogen-bond acceptors (Lipinski definition) is 4. The molecule has 24 heavy (non-hydrogen) atoms. The Morgan fingerprint density at radius 1 is 1.17 bits per heavy atom. The number of aromatic nitrogens is 1. The second-order valence-corrected chi connectivity index (χ2v) is 5.86. The average Bonchev–Trinajstić information content (AvgIpc) is 2.54. The molecule has 0 aromatic carbocycles. The van der Waals surface area contributed by atoms with Crippen LogP contribution in [0.15, 0.2) is 24.5 Å². The van der Waals surface area contributed by atoms with Gasteiger partial charge < -0.3 is 16.4 Å². The molecule has 4 N–H and O–H groups in total. The topological polar surface area (TPSA) is 97.1 Å². The third kappa shape index (κ3) is 7.03. The Balaban J connectivity index is 0.00000264. The van der Waals surface area contributed by atoms with Gasteiger partial charge in [0.1, 0.15) is 0 Å². The highest BCUT2D eigenvalue weighted by Gasteiger charge is 2.34. The largest absolute Gasteiger partial charge is 0.354 e. The van der Waals surface area contributed by atoms with Crippen LogP contribution in [0.5, 0.6) is 0 Å². The van der Waals surface area contributed by atoms with Gasteiger partial charge in [0, 0.05) is 31.9 Å². The van der Waals surface area contributed by atoms with Crippen molar-refractivity contribution in [3.63, 3.8) is 0 Å². The number of nitrogens with two attached hydrogens (primary N) is 1. The predicted molar refractivity (Wildman–Crippen MR) is 98.2 cm³/mol. The molecule has 1 aliphatic carbocycles. The van der Waals surface area contributed by atoms with Crippen LogP contribution < -0.4 is 16.4 Å². The minimum Gasteiger partial charge on any atom is -0.354 e. The third-order valence-electron chi connectivity index (χ3n) is 4.05. The van der Waals surface area contributed by atoms with E-state index in [4.69, 9.17) is 5.73 Å². The molecule has 0 bridgehead atoms. The molecule has 0 spiro atoms. The summed E-state index contributed by atoms with van der Waals surface area (Å²) in [4.78, 5) is 27.8. The van der Waals surface area contributed by atoms with Crippen LogP contribution in [0.4, 0.5) is 0 Å². The molecule has 2 rings (SSSR count). The van der Waals surface area contributed by atoms with Gasteiger partial charge in [-0.25, -0.2) is 0 Å². The number of carbonyl (C=O) groups is 2. The Morgan fingerprint density at radius 3 is 2.50 bits per heavy atom. The highest BCUT2D eigenvalue weighted by molar-refractivity contribution is 5.86. The number of nitrogens with one attached hydrogen (secondary N) is 2. The van der Waals surface area contributed by atoms with Crippen molar-refractivity contribution in [2.75, 3.05) is 6.54 Å². The van der Waals surface area contributed by atoms with Crippen LogP contribution in [0.2, 0.25) is 0 Å². The molecule has 0 aliphatic heterocycles. The van der Waals surface area contributed by atoms with Crippen LogP contribution in [0.3, 0.4) is 0 Å². The van der Waals surface area contributed by atoms with Crippen molar-refractivity contribution in [2.45, 2.75) is 50.6 Å². The zero-order valence-electron chi connectivity index (χ0n) is 13.6. The Labute approximate surface area is 155 Å². The average molecular weight is 377 g/mol. The van der Waals surface area contributed by atoms with Crippen LogP contribution in [0.1, 0.15) is 44.1 Å². The molecule has 0 saturated heterocycles. The first-order chi connectivity index (χ1) is 10.6. The van der Waals surface area contributed by atoms with Crippen LogP contribution >= 0.6 is 24.8 Å². The summed E-state index contributed by atoms with van der Waals surface area (Å²) in [6.45, 7) is 0.762. The number of halogens is 2. The van der Waals surface area contributed by atoms with Crippen molar-refractivity contribution < 1.29 is 9.59 Å². The van der Waals surface area contributed by atoms with Crippen LogP contribution in [0, 0.1) is 0 Å². The molecule has 0 atom stereocenters. The fourth-order valence-corrected chi connectivity index (χ4v) is 2.67. The minimum atomic E-state index is -0.746. The molecule has 0 radical (unpaired) electrons. The number of amides is 2. The molecule has 1 saturated carbocycles. The van der Waals surface area contributed by atoms with E-state index in [9.17, 15) is 9.59 Å². The SMILES string of the molecule is Cl.Cl.NC1(C(=O)NCCC(=O)NCc2cccnc2)CCCCC1. The highest BCUT2D eigenvalue weighted by Crippen LogP contribution is 2.25. The molecule has 1 heterocycles. The monoisotopic (exact) mass is 376 g/mol. The van der Waals surface area contributed by atoms with Crippen LogP contribution in [-0.2, 0) is 16.1 Å². The molecular weight excluding hydrogens is 351 g/mol. The van der Waals surface area contributed by atoms with Gasteiger partial charge in [0.15, 0.2) is 0 Å². The predicted octanol–water partition coefficient (Wildman–Crippen LogP) is 1.71. The van der Waals surface area contributed by atoms with Gasteiger partial charge in [-0.15, -0.1) is 24.8 Å². The Kier molecular flexibility index (Phi) is 10.6. The Bertz CT molecular complexity index is 508. The van der Waals surface area contributed by atoms with E-state index in [1.54, 1.807) is 12.4 Å². The summed E-state index contributed by atoms with van der Waals surface area (Å²) in [5.41, 5.74) is 6.34. The van der Waals surface area contributed by atoms with E-state index in [2.05, 4.69) is 15.6 Å². The van der Waals surface area contributed by atoms with E-state index in [0.717, 1.165) is 37.7 Å². The summed E-state index contributed by atoms with van der Waals surface area (Å²) in [5.74, 6) is -0.230. The molecule has 6 nitrogen and oxygen atoms in total. The summed E-state index contributed by atoms with van der Waals surface area (Å²) >= 11 is 0. The minimum absolute atomic E-state index is 0. The quantitative estimate of drug-likeness (QED) is 0.703. The maximum Gasteiger partial charge on any atom is 0.240 e. The lowest BCUT2D eigenvalue weighted by Gasteiger charge is -2.31. The first-order valence-electron chi connectivity index (χ1n) is 7.83. The molecule has 0 unspecified atom stereocenters. The molecule has 1 aliphatic rings. The summed E-state index contributed by atoms with van der Waals surface area (Å²) in [6.07, 6.45) is 8.24. The fraction of sp³-hybridized carbons (Fsp3) is 0.562. The smallest absolute Gasteiger partial charge is 0.240 e. The molecule has 1 aromatic heterocycles. The standard InChI is InChI=1S/C16H24N4O2.2ClH/c17-16(7-2-1-3-8-16)15(22)19-10-6-14(21)20-12-13-5-4-9-18-11-13;;/h4-5,9,11H,1-3,6-8,10,12,17H2,(H,19,22)(H,20,21);2*1H. The second-order valence-electron chi connectivity index (χ2n) is 5.86. The first-order valence-corrected chi connectivity index (χ1v) is 7.83. The van der Waals surface area contributed by atoms with E-state index >= 15 is 0 Å². The maximum atomic E-state index is 12.1. The van der Waals surface area contributed by atoms with Crippen molar-refractivity contribution in [1.29, 1.82) is 0 Å². The normalized spacial score (nSPS) is 15.4. The molecule has 136 valence electrons. The molecule has 1 fully saturated rings. The number of pyridine rings is 1. The van der Waals surface area contributed by atoms with Gasteiger partial charge in [0.05, 0.1) is 5.54 Å². The van der Waals surface area contributed by atoms with E-state index in [1.807, 2.05) is 12.1 Å². The van der Waals surface area contributed by atoms with Gasteiger partial charge in [-0.3, -0.25) is 14.6 Å². The number of carbonyl (C=O) groups excluding carboxylic acids is 2. The molecule has 1 aromatic rings. The number of nitrogens with zero attached hydrogens (tertiary/aromatic N) is 1. The van der Waals surface area contributed by atoms with Gasteiger partial charge in [-0.2, -0.15) is 0 Å². The lowest BCUT2D eigenvalue weighted by atomic mass is 9.82. The molecular formula is C16H26Cl2N4O2. The number of hydrogen-bond donors (Lipinski definition) is 3. The van der Waals surface area contributed by atoms with Gasteiger partial charge >= 0.3 is 0 Å². The van der Waals surface area contributed by atoms with Crippen molar-refractivity contribution in [1.82, 2.24) is 15.6 Å². The maximum absolute atomic E-state index is 12.1. The van der Waals surface area contributed by atoms with Gasteiger partial charge in [0.2, 0.25) is 11.8 Å². The van der Waals surface area contributed by atoms with Gasteiger partial charge in [-0.1, -0.05) is 25.3 Å². The lowest BCUT2D eigenvalue weighted by molar-refractivity contribution is -0.127. The zero-order valence-corrected chi connectivity index (χ0v) is 15.3. The van der Waals surface area contributed by atoms with E-state index in [0.29, 0.717) is 13.1 Å². The molecule has 8 heteroatoms. The van der Waals surface area contributed by atoms with E-state index < -0.39 is 5.54 Å². The summed E-state index contributed by atoms with van der Waals surface area (Å²) in [5, 5.41) is 5.59. The van der Waals surface area contributed by atoms with Crippen molar-refractivity contribution >= 4 is 36.6 Å². The van der Waals surface area contributed by atoms with E-state index in [1.165, 1.54) is 0 Å². The highest BCUT2D eigenvalue weighted by atomic mass is 35.5. The summed E-state index contributed by atoms with van der Waals surface area (Å²) in [6, 6.07) is 3.73. The van der Waals surface area contributed by atoms with Crippen molar-refractivity contribution in [3.05, 3.63) is 30.1 Å².